The maximum Gasteiger partial charge on any atom is 0.466 e. The number of hydrogen-bond donors (Lipinski definition) is 0. The number of carbonyl (C=O) groups is 1. The second-order valence-electron chi connectivity index (χ2n) is 6.91. The van der Waals surface area contributed by atoms with Gasteiger partial charge in [0.2, 0.25) is 0 Å². The second kappa shape index (κ2) is 7.14. The Balaban J connectivity index is 2.33. The lowest BCUT2D eigenvalue weighted by Gasteiger charge is -2.32. The SMILES string of the molecule is CCOC(=O)CC(B1OC(C)(C)C(C)(C)O1)c1ccc(Br)c(F)c1. The number of hydrogen-bond acceptors (Lipinski definition) is 4. The molecule has 7 heteroatoms. The van der Waals surface area contributed by atoms with Gasteiger partial charge >= 0.3 is 13.1 Å². The molecule has 1 aromatic rings. The molecule has 4 nitrogen and oxygen atoms in total. The minimum atomic E-state index is -0.653. The Labute approximate surface area is 151 Å². The van der Waals surface area contributed by atoms with E-state index >= 15 is 0 Å². The number of halogens is 2. The van der Waals surface area contributed by atoms with Crippen molar-refractivity contribution in [3.05, 3.63) is 34.1 Å². The van der Waals surface area contributed by atoms with E-state index < -0.39 is 30.0 Å². The molecule has 0 amide bonds. The van der Waals surface area contributed by atoms with E-state index in [1.165, 1.54) is 6.07 Å². The molecule has 2 rings (SSSR count). The molecule has 132 valence electrons. The van der Waals surface area contributed by atoms with Gasteiger partial charge in [0, 0.05) is 5.82 Å². The summed E-state index contributed by atoms with van der Waals surface area (Å²) in [6.07, 6.45) is 0.0612. The van der Waals surface area contributed by atoms with Crippen molar-refractivity contribution >= 4 is 29.0 Å². The van der Waals surface area contributed by atoms with E-state index in [-0.39, 0.29) is 12.4 Å². The molecule has 1 aromatic carbocycles. The van der Waals surface area contributed by atoms with E-state index in [2.05, 4.69) is 15.9 Å². The highest BCUT2D eigenvalue weighted by atomic mass is 79.9. The van der Waals surface area contributed by atoms with Crippen LogP contribution < -0.4 is 0 Å². The van der Waals surface area contributed by atoms with Crippen molar-refractivity contribution in [1.82, 2.24) is 0 Å². The quantitative estimate of drug-likeness (QED) is 0.547. The summed E-state index contributed by atoms with van der Waals surface area (Å²) in [5.41, 5.74) is -0.418. The van der Waals surface area contributed by atoms with Crippen molar-refractivity contribution in [2.45, 2.75) is 58.1 Å². The predicted molar refractivity (Wildman–Crippen MR) is 94.2 cm³/mol. The minimum Gasteiger partial charge on any atom is -0.466 e. The van der Waals surface area contributed by atoms with Gasteiger partial charge < -0.3 is 14.0 Å². The van der Waals surface area contributed by atoms with Crippen molar-refractivity contribution in [1.29, 1.82) is 0 Å². The van der Waals surface area contributed by atoms with Gasteiger partial charge in [-0.15, -0.1) is 0 Å². The molecule has 1 fully saturated rings. The average Bonchev–Trinajstić information content (AvgIpc) is 2.68. The van der Waals surface area contributed by atoms with E-state index in [0.29, 0.717) is 16.6 Å². The molecule has 0 aromatic heterocycles. The first kappa shape index (κ1) is 19.4. The lowest BCUT2D eigenvalue weighted by atomic mass is 9.66. The molecule has 1 atom stereocenters. The van der Waals surface area contributed by atoms with Crippen LogP contribution in [0.25, 0.3) is 0 Å². The number of ether oxygens (including phenoxy) is 1. The molecule has 1 aliphatic heterocycles. The van der Waals surface area contributed by atoms with E-state index in [1.807, 2.05) is 27.7 Å². The predicted octanol–water partition coefficient (Wildman–Crippen LogP) is 4.26. The molecule has 0 N–H and O–H groups in total. The summed E-state index contributed by atoms with van der Waals surface area (Å²) in [5, 5.41) is 0. The summed E-state index contributed by atoms with van der Waals surface area (Å²) in [6, 6.07) is 4.79. The monoisotopic (exact) mass is 400 g/mol. The first-order valence-corrected chi connectivity index (χ1v) is 8.83. The summed E-state index contributed by atoms with van der Waals surface area (Å²) < 4.78 is 31.5. The summed E-state index contributed by atoms with van der Waals surface area (Å²) >= 11 is 3.14. The number of rotatable bonds is 5. The maximum absolute atomic E-state index is 14.0. The Morgan fingerprint density at radius 3 is 2.38 bits per heavy atom. The van der Waals surface area contributed by atoms with Crippen LogP contribution in [0, 0.1) is 5.82 Å². The Morgan fingerprint density at radius 1 is 1.29 bits per heavy atom. The van der Waals surface area contributed by atoms with E-state index in [9.17, 15) is 9.18 Å². The molecule has 0 radical (unpaired) electrons. The van der Waals surface area contributed by atoms with Crippen LogP contribution in [-0.4, -0.2) is 30.9 Å². The largest absolute Gasteiger partial charge is 0.466 e. The highest BCUT2D eigenvalue weighted by Gasteiger charge is 2.54. The van der Waals surface area contributed by atoms with Crippen molar-refractivity contribution in [2.75, 3.05) is 6.61 Å². The Bertz CT molecular complexity index is 605. The lowest BCUT2D eigenvalue weighted by molar-refractivity contribution is -0.143. The highest BCUT2D eigenvalue weighted by molar-refractivity contribution is 9.10. The molecule has 1 unspecified atom stereocenters. The minimum absolute atomic E-state index is 0.0612. The lowest BCUT2D eigenvalue weighted by Crippen LogP contribution is -2.41. The molecule has 0 saturated carbocycles. The third kappa shape index (κ3) is 4.00. The Hall–Kier alpha value is -0.915. The molecular weight excluding hydrogens is 378 g/mol. The van der Waals surface area contributed by atoms with Gasteiger partial charge in [-0.05, 0) is 68.2 Å². The molecule has 0 aliphatic carbocycles. The van der Waals surface area contributed by atoms with Crippen LogP contribution >= 0.6 is 15.9 Å². The van der Waals surface area contributed by atoms with Crippen LogP contribution in [-0.2, 0) is 18.8 Å². The van der Waals surface area contributed by atoms with E-state index in [0.717, 1.165) is 0 Å². The van der Waals surface area contributed by atoms with Gasteiger partial charge in [0.05, 0.1) is 28.7 Å². The van der Waals surface area contributed by atoms with Crippen LogP contribution in [0.1, 0.15) is 52.4 Å². The zero-order chi connectivity index (χ0) is 18.1. The van der Waals surface area contributed by atoms with E-state index in [1.54, 1.807) is 19.1 Å². The summed E-state index contributed by atoms with van der Waals surface area (Å²) in [5.74, 6) is -1.20. The van der Waals surface area contributed by atoms with Gasteiger partial charge in [-0.25, -0.2) is 4.39 Å². The van der Waals surface area contributed by atoms with Gasteiger partial charge in [-0.2, -0.15) is 0 Å². The summed E-state index contributed by atoms with van der Waals surface area (Å²) in [7, 11) is -0.653. The van der Waals surface area contributed by atoms with Crippen molar-refractivity contribution in [3.63, 3.8) is 0 Å². The van der Waals surface area contributed by atoms with Crippen LogP contribution in [0.3, 0.4) is 0 Å². The topological polar surface area (TPSA) is 44.8 Å². The highest BCUT2D eigenvalue weighted by Crippen LogP contribution is 2.42. The molecular formula is C17H23BBrFO4. The van der Waals surface area contributed by atoms with Gasteiger partial charge in [0.1, 0.15) is 5.82 Å². The molecule has 0 bridgehead atoms. The fourth-order valence-corrected chi connectivity index (χ4v) is 2.81. The van der Waals surface area contributed by atoms with Gasteiger partial charge in [0.25, 0.3) is 0 Å². The van der Waals surface area contributed by atoms with Crippen LogP contribution in [0.4, 0.5) is 4.39 Å². The smallest absolute Gasteiger partial charge is 0.466 e. The molecule has 1 aliphatic rings. The van der Waals surface area contributed by atoms with Crippen molar-refractivity contribution in [2.24, 2.45) is 0 Å². The number of esters is 1. The standard InChI is InChI=1S/C17H23BBrFO4/c1-6-22-15(21)10-12(11-7-8-13(19)14(20)9-11)18-23-16(2,3)17(4,5)24-18/h7-9,12H,6,10H2,1-5H3. The third-order valence-corrected chi connectivity index (χ3v) is 5.31. The first-order valence-electron chi connectivity index (χ1n) is 8.03. The fraction of sp³-hybridized carbons (Fsp3) is 0.588. The zero-order valence-corrected chi connectivity index (χ0v) is 16.3. The molecule has 1 saturated heterocycles. The van der Waals surface area contributed by atoms with E-state index in [4.69, 9.17) is 14.0 Å². The molecule has 24 heavy (non-hydrogen) atoms. The summed E-state index contributed by atoms with van der Waals surface area (Å²) in [6.45, 7) is 9.81. The van der Waals surface area contributed by atoms with Crippen LogP contribution in [0.15, 0.2) is 22.7 Å². The third-order valence-electron chi connectivity index (χ3n) is 4.66. The normalized spacial score (nSPS) is 20.0. The summed E-state index contributed by atoms with van der Waals surface area (Å²) in [4.78, 5) is 12.0. The zero-order valence-electron chi connectivity index (χ0n) is 14.7. The Kier molecular flexibility index (Phi) is 5.77. The van der Waals surface area contributed by atoms with Gasteiger partial charge in [-0.1, -0.05) is 6.07 Å². The Morgan fingerprint density at radius 2 is 1.88 bits per heavy atom. The first-order chi connectivity index (χ1) is 11.1. The van der Waals surface area contributed by atoms with Crippen molar-refractivity contribution in [3.8, 4) is 0 Å². The van der Waals surface area contributed by atoms with Gasteiger partial charge in [0.15, 0.2) is 0 Å². The molecule has 1 heterocycles. The van der Waals surface area contributed by atoms with Crippen LogP contribution in [0.2, 0.25) is 0 Å². The van der Waals surface area contributed by atoms with Crippen molar-refractivity contribution < 1.29 is 23.2 Å². The number of carbonyl (C=O) groups excluding carboxylic acids is 1. The number of benzene rings is 1. The fourth-order valence-electron chi connectivity index (χ4n) is 2.57. The van der Waals surface area contributed by atoms with Crippen LogP contribution in [0.5, 0.6) is 0 Å². The van der Waals surface area contributed by atoms with Gasteiger partial charge in [-0.3, -0.25) is 4.79 Å². The second-order valence-corrected chi connectivity index (χ2v) is 7.77. The average molecular weight is 401 g/mol. The molecule has 0 spiro atoms. The maximum atomic E-state index is 14.0.